The summed E-state index contributed by atoms with van der Waals surface area (Å²) in [6, 6.07) is 4.45. The molecule has 1 unspecified atom stereocenters. The molecule has 0 aliphatic heterocycles. The average molecular weight is 264 g/mol. The Morgan fingerprint density at radius 3 is 2.89 bits per heavy atom. The monoisotopic (exact) mass is 264 g/mol. The minimum Gasteiger partial charge on any atom is -0.384 e. The van der Waals surface area contributed by atoms with Gasteiger partial charge in [-0.25, -0.2) is 4.39 Å². The largest absolute Gasteiger partial charge is 0.384 e. The van der Waals surface area contributed by atoms with Gasteiger partial charge in [0.15, 0.2) is 0 Å². The Kier molecular flexibility index (Phi) is 7.17. The van der Waals surface area contributed by atoms with Crippen LogP contribution in [0, 0.1) is 23.6 Å². The summed E-state index contributed by atoms with van der Waals surface area (Å²) in [7, 11) is 0. The minimum atomic E-state index is -0.328. The number of aliphatic hydroxyl groups is 1. The summed E-state index contributed by atoms with van der Waals surface area (Å²) in [5.41, 5.74) is 1.43. The zero-order chi connectivity index (χ0) is 14.1. The van der Waals surface area contributed by atoms with Gasteiger partial charge in [0.2, 0.25) is 0 Å². The van der Waals surface area contributed by atoms with E-state index in [9.17, 15) is 4.39 Å². The molecule has 0 bridgehead atoms. The van der Waals surface area contributed by atoms with Gasteiger partial charge in [-0.15, -0.1) is 0 Å². The van der Waals surface area contributed by atoms with Crippen molar-refractivity contribution >= 4 is 0 Å². The molecule has 2 nitrogen and oxygen atoms in total. The maximum Gasteiger partial charge on any atom is 0.124 e. The molecule has 104 valence electrons. The summed E-state index contributed by atoms with van der Waals surface area (Å²) in [5.74, 6) is 5.48. The summed E-state index contributed by atoms with van der Waals surface area (Å²) in [4.78, 5) is 0. The van der Waals surface area contributed by atoms with Crippen molar-refractivity contribution in [1.82, 2.24) is 0 Å². The lowest BCUT2D eigenvalue weighted by molar-refractivity contribution is 0.0892. The standard InChI is InChI=1S/C16H21FO2/c1-3-5-13(2)11-19-12-15-7-8-16(17)10-14(15)6-4-9-18/h7-8,10,13,18H,3,5,9,11-12H2,1-2H3. The highest BCUT2D eigenvalue weighted by molar-refractivity contribution is 5.41. The summed E-state index contributed by atoms with van der Waals surface area (Å²) >= 11 is 0. The molecule has 0 aromatic heterocycles. The third kappa shape index (κ3) is 5.87. The molecule has 0 saturated heterocycles. The van der Waals surface area contributed by atoms with E-state index in [0.29, 0.717) is 24.7 Å². The zero-order valence-corrected chi connectivity index (χ0v) is 11.6. The Morgan fingerprint density at radius 1 is 1.42 bits per heavy atom. The molecule has 0 amide bonds. The molecular weight excluding hydrogens is 243 g/mol. The van der Waals surface area contributed by atoms with E-state index >= 15 is 0 Å². The van der Waals surface area contributed by atoms with Crippen LogP contribution in [0.25, 0.3) is 0 Å². The molecule has 0 fully saturated rings. The molecule has 1 aromatic carbocycles. The Balaban J connectivity index is 2.62. The molecule has 1 atom stereocenters. The van der Waals surface area contributed by atoms with Crippen molar-refractivity contribution in [2.24, 2.45) is 5.92 Å². The van der Waals surface area contributed by atoms with Gasteiger partial charge in [0.05, 0.1) is 6.61 Å². The van der Waals surface area contributed by atoms with Crippen LogP contribution in [0.2, 0.25) is 0 Å². The first-order valence-electron chi connectivity index (χ1n) is 6.63. The number of halogens is 1. The van der Waals surface area contributed by atoms with Crippen LogP contribution in [-0.2, 0) is 11.3 Å². The molecule has 1 aromatic rings. The number of ether oxygens (including phenoxy) is 1. The van der Waals surface area contributed by atoms with Gasteiger partial charge < -0.3 is 9.84 Å². The third-order valence-corrected chi connectivity index (χ3v) is 2.82. The molecular formula is C16H21FO2. The first-order valence-corrected chi connectivity index (χ1v) is 6.63. The highest BCUT2D eigenvalue weighted by atomic mass is 19.1. The van der Waals surface area contributed by atoms with Crippen molar-refractivity contribution < 1.29 is 14.2 Å². The van der Waals surface area contributed by atoms with Crippen LogP contribution in [-0.4, -0.2) is 18.3 Å². The Labute approximate surface area is 114 Å². The van der Waals surface area contributed by atoms with Gasteiger partial charge in [-0.2, -0.15) is 0 Å². The van der Waals surface area contributed by atoms with E-state index in [0.717, 1.165) is 18.4 Å². The van der Waals surface area contributed by atoms with Crippen LogP contribution in [0.3, 0.4) is 0 Å². The molecule has 0 radical (unpaired) electrons. The van der Waals surface area contributed by atoms with Gasteiger partial charge in [0.1, 0.15) is 12.4 Å². The Hall–Kier alpha value is -1.37. The number of hydrogen-bond donors (Lipinski definition) is 1. The molecule has 0 heterocycles. The van der Waals surface area contributed by atoms with E-state index in [-0.39, 0.29) is 12.4 Å². The number of hydrogen-bond acceptors (Lipinski definition) is 2. The van der Waals surface area contributed by atoms with Crippen molar-refractivity contribution in [3.8, 4) is 11.8 Å². The maximum absolute atomic E-state index is 13.2. The molecule has 0 aliphatic carbocycles. The lowest BCUT2D eigenvalue weighted by Crippen LogP contribution is -2.06. The predicted octanol–water partition coefficient (Wildman–Crippen LogP) is 3.12. The topological polar surface area (TPSA) is 29.5 Å². The van der Waals surface area contributed by atoms with Gasteiger partial charge in [0.25, 0.3) is 0 Å². The Morgan fingerprint density at radius 2 is 2.21 bits per heavy atom. The molecule has 0 saturated carbocycles. The van der Waals surface area contributed by atoms with Gasteiger partial charge in [-0.1, -0.05) is 38.2 Å². The van der Waals surface area contributed by atoms with Crippen LogP contribution in [0.1, 0.15) is 37.8 Å². The molecule has 1 rings (SSSR count). The quantitative estimate of drug-likeness (QED) is 0.800. The van der Waals surface area contributed by atoms with Gasteiger partial charge in [-0.3, -0.25) is 0 Å². The minimum absolute atomic E-state index is 0.232. The van der Waals surface area contributed by atoms with Gasteiger partial charge in [0, 0.05) is 12.2 Å². The fraction of sp³-hybridized carbons (Fsp3) is 0.500. The average Bonchev–Trinajstić information content (AvgIpc) is 2.39. The predicted molar refractivity (Wildman–Crippen MR) is 74.1 cm³/mol. The number of aliphatic hydroxyl groups excluding tert-OH is 1. The van der Waals surface area contributed by atoms with E-state index in [2.05, 4.69) is 25.7 Å². The van der Waals surface area contributed by atoms with E-state index in [4.69, 9.17) is 9.84 Å². The van der Waals surface area contributed by atoms with Gasteiger partial charge in [-0.05, 0) is 30.0 Å². The Bertz CT molecular complexity index is 446. The van der Waals surface area contributed by atoms with E-state index in [1.165, 1.54) is 12.1 Å². The lowest BCUT2D eigenvalue weighted by Gasteiger charge is -2.11. The smallest absolute Gasteiger partial charge is 0.124 e. The summed E-state index contributed by atoms with van der Waals surface area (Å²) in [5, 5.41) is 8.70. The fourth-order valence-electron chi connectivity index (χ4n) is 1.87. The summed E-state index contributed by atoms with van der Waals surface area (Å²) in [6.45, 7) is 5.19. The van der Waals surface area contributed by atoms with Gasteiger partial charge >= 0.3 is 0 Å². The highest BCUT2D eigenvalue weighted by Crippen LogP contribution is 2.13. The summed E-state index contributed by atoms with van der Waals surface area (Å²) in [6.07, 6.45) is 2.29. The van der Waals surface area contributed by atoms with Crippen LogP contribution < -0.4 is 0 Å². The second-order valence-electron chi connectivity index (χ2n) is 4.67. The van der Waals surface area contributed by atoms with Crippen molar-refractivity contribution in [3.63, 3.8) is 0 Å². The number of benzene rings is 1. The van der Waals surface area contributed by atoms with Crippen molar-refractivity contribution in [2.45, 2.75) is 33.3 Å². The van der Waals surface area contributed by atoms with Crippen molar-refractivity contribution in [1.29, 1.82) is 0 Å². The molecule has 3 heteroatoms. The van der Waals surface area contributed by atoms with Crippen LogP contribution in [0.4, 0.5) is 4.39 Å². The molecule has 0 aliphatic rings. The SMILES string of the molecule is CCCC(C)COCc1ccc(F)cc1C#CCO. The van der Waals surface area contributed by atoms with E-state index in [1.807, 2.05) is 0 Å². The third-order valence-electron chi connectivity index (χ3n) is 2.82. The van der Waals surface area contributed by atoms with Crippen molar-refractivity contribution in [3.05, 3.63) is 35.1 Å². The van der Waals surface area contributed by atoms with Crippen LogP contribution >= 0.6 is 0 Å². The maximum atomic E-state index is 13.2. The summed E-state index contributed by atoms with van der Waals surface area (Å²) < 4.78 is 18.8. The lowest BCUT2D eigenvalue weighted by atomic mass is 10.1. The second-order valence-corrected chi connectivity index (χ2v) is 4.67. The highest BCUT2D eigenvalue weighted by Gasteiger charge is 2.05. The van der Waals surface area contributed by atoms with Crippen LogP contribution in [0.5, 0.6) is 0 Å². The normalized spacial score (nSPS) is 11.8. The molecule has 19 heavy (non-hydrogen) atoms. The fourth-order valence-corrected chi connectivity index (χ4v) is 1.87. The van der Waals surface area contributed by atoms with Crippen molar-refractivity contribution in [2.75, 3.05) is 13.2 Å². The number of rotatable bonds is 6. The molecule has 1 N–H and O–H groups in total. The zero-order valence-electron chi connectivity index (χ0n) is 11.6. The molecule has 0 spiro atoms. The first kappa shape index (κ1) is 15.7. The van der Waals surface area contributed by atoms with E-state index in [1.54, 1.807) is 6.07 Å². The van der Waals surface area contributed by atoms with E-state index < -0.39 is 0 Å². The van der Waals surface area contributed by atoms with Crippen LogP contribution in [0.15, 0.2) is 18.2 Å². The first-order chi connectivity index (χ1) is 9.17. The second kappa shape index (κ2) is 8.68.